The van der Waals surface area contributed by atoms with Gasteiger partial charge in [0.1, 0.15) is 79.0 Å². The molecule has 8 fully saturated rings. The average Bonchev–Trinajstić information content (AvgIpc) is 3.73. The molecule has 0 aromatic heterocycles. The van der Waals surface area contributed by atoms with Crippen molar-refractivity contribution in [2.75, 3.05) is 26.4 Å². The number of rotatable bonds is 13. The minimum atomic E-state index is -1.78. The number of ketones is 1. The normalized spacial score (nSPS) is 55.0. The lowest BCUT2D eigenvalue weighted by Gasteiger charge is -2.60. The quantitative estimate of drug-likeness (QED) is 0.0843. The molecule has 0 bridgehead atoms. The Bertz CT molecular complexity index is 1640. The second-order valence-electron chi connectivity index (χ2n) is 21.3. The van der Waals surface area contributed by atoms with Gasteiger partial charge in [-0.3, -0.25) is 4.79 Å². The van der Waals surface area contributed by atoms with Gasteiger partial charge in [-0.15, -0.1) is 0 Å². The first kappa shape index (κ1) is 50.3. The highest BCUT2D eigenvalue weighted by Gasteiger charge is 2.71. The first-order chi connectivity index (χ1) is 30.7. The van der Waals surface area contributed by atoms with Crippen LogP contribution in [0.15, 0.2) is 0 Å². The van der Waals surface area contributed by atoms with Gasteiger partial charge in [-0.1, -0.05) is 27.7 Å². The van der Waals surface area contributed by atoms with Gasteiger partial charge in [0.15, 0.2) is 24.7 Å². The van der Waals surface area contributed by atoms with Gasteiger partial charge in [-0.2, -0.15) is 0 Å². The van der Waals surface area contributed by atoms with E-state index in [0.717, 1.165) is 19.3 Å². The maximum Gasteiger partial charge on any atom is 0.187 e. The molecule has 4 aliphatic carbocycles. The summed E-state index contributed by atoms with van der Waals surface area (Å²) in [5, 5.41) is 125. The maximum atomic E-state index is 14.7. The molecule has 0 aromatic carbocycles. The molecule has 4 aliphatic heterocycles. The summed E-state index contributed by atoms with van der Waals surface area (Å²) in [5.74, 6) is -1.26. The van der Waals surface area contributed by atoms with Crippen molar-refractivity contribution in [1.29, 1.82) is 0 Å². The molecular formula is C45H74O20. The number of carbonyl (C=O) groups is 1. The Morgan fingerprint density at radius 1 is 0.708 bits per heavy atom. The molecule has 12 N–H and O–H groups in total. The first-order valence-corrected chi connectivity index (χ1v) is 23.8. The zero-order chi connectivity index (χ0) is 47.1. The fraction of sp³-hybridized carbons (Fsp3) is 0.978. The Labute approximate surface area is 378 Å². The molecule has 4 saturated carbocycles. The van der Waals surface area contributed by atoms with E-state index >= 15 is 0 Å². The Morgan fingerprint density at radius 2 is 1.29 bits per heavy atom. The van der Waals surface area contributed by atoms with Crippen LogP contribution < -0.4 is 0 Å². The van der Waals surface area contributed by atoms with Crippen LogP contribution in [0.25, 0.3) is 0 Å². The summed E-state index contributed by atoms with van der Waals surface area (Å²) in [4.78, 5) is 14.7. The van der Waals surface area contributed by atoms with Crippen LogP contribution in [0.1, 0.15) is 85.5 Å². The van der Waals surface area contributed by atoms with E-state index in [4.69, 9.17) is 33.2 Å². The number of aliphatic hydroxyl groups excluding tert-OH is 11. The van der Waals surface area contributed by atoms with Crippen LogP contribution >= 0.6 is 0 Å². The number of fused-ring (bicyclic) bond motifs is 7. The van der Waals surface area contributed by atoms with Crippen molar-refractivity contribution in [3.8, 4) is 0 Å². The van der Waals surface area contributed by atoms with Crippen molar-refractivity contribution in [3.05, 3.63) is 0 Å². The zero-order valence-electron chi connectivity index (χ0n) is 37.7. The van der Waals surface area contributed by atoms with Gasteiger partial charge in [0, 0.05) is 30.1 Å². The van der Waals surface area contributed by atoms with E-state index in [-0.39, 0.29) is 71.8 Å². The van der Waals surface area contributed by atoms with Crippen molar-refractivity contribution < 1.29 is 99.2 Å². The largest absolute Gasteiger partial charge is 0.394 e. The van der Waals surface area contributed by atoms with Crippen LogP contribution in [0.3, 0.4) is 0 Å². The highest BCUT2D eigenvalue weighted by atomic mass is 16.8. The van der Waals surface area contributed by atoms with Crippen molar-refractivity contribution >= 4 is 5.78 Å². The van der Waals surface area contributed by atoms with Crippen LogP contribution in [0.2, 0.25) is 0 Å². The third-order valence-electron chi connectivity index (χ3n) is 17.9. The van der Waals surface area contributed by atoms with Crippen molar-refractivity contribution in [3.63, 3.8) is 0 Å². The monoisotopic (exact) mass is 934 g/mol. The summed E-state index contributed by atoms with van der Waals surface area (Å²) in [5.41, 5.74) is -0.874. The SMILES string of the molecule is CC(CCC1(O)OC2CC3C4CCC5CC(OC6OC(CO)C(O)C(O)C6OC6OC(CO)C(O)C(O)C6O)CCC5(C)C4CC(=O)C3(C)C2C1C)COC1OC(CO)C(O)C(O)C1O. The fourth-order valence-corrected chi connectivity index (χ4v) is 13.8. The predicted octanol–water partition coefficient (Wildman–Crippen LogP) is -2.60. The van der Waals surface area contributed by atoms with Gasteiger partial charge >= 0.3 is 0 Å². The molecule has 8 aliphatic rings. The molecule has 4 heterocycles. The number of aliphatic hydroxyl groups is 12. The molecule has 0 spiro atoms. The lowest BCUT2D eigenvalue weighted by molar-refractivity contribution is -0.373. The molecule has 27 unspecified atom stereocenters. The number of carbonyl (C=O) groups excluding carboxylic acids is 1. The Morgan fingerprint density at radius 3 is 1.92 bits per heavy atom. The van der Waals surface area contributed by atoms with Crippen molar-refractivity contribution in [2.45, 2.75) is 196 Å². The highest BCUT2D eigenvalue weighted by Crippen LogP contribution is 2.70. The van der Waals surface area contributed by atoms with Crippen molar-refractivity contribution in [2.24, 2.45) is 52.3 Å². The topological polar surface area (TPSA) is 324 Å². The first-order valence-electron chi connectivity index (χ1n) is 23.8. The molecule has 4 saturated heterocycles. The second kappa shape index (κ2) is 19.3. The van der Waals surface area contributed by atoms with E-state index in [1.54, 1.807) is 0 Å². The van der Waals surface area contributed by atoms with Gasteiger partial charge in [0.25, 0.3) is 0 Å². The minimum Gasteiger partial charge on any atom is -0.394 e. The highest BCUT2D eigenvalue weighted by molar-refractivity contribution is 5.87. The van der Waals surface area contributed by atoms with E-state index in [0.29, 0.717) is 32.1 Å². The van der Waals surface area contributed by atoms with E-state index in [1.165, 1.54) is 0 Å². The number of Topliss-reactive ketones (excluding diaryl/α,β-unsaturated/α-hetero) is 1. The van der Waals surface area contributed by atoms with Crippen molar-refractivity contribution in [1.82, 2.24) is 0 Å². The van der Waals surface area contributed by atoms with Gasteiger partial charge in [0.05, 0.1) is 38.6 Å². The summed E-state index contributed by atoms with van der Waals surface area (Å²) in [6.07, 6.45) is -17.4. The van der Waals surface area contributed by atoms with Crippen LogP contribution in [0.4, 0.5) is 0 Å². The molecular weight excluding hydrogens is 860 g/mol. The zero-order valence-corrected chi connectivity index (χ0v) is 37.7. The molecule has 27 atom stereocenters. The van der Waals surface area contributed by atoms with E-state index < -0.39 is 129 Å². The van der Waals surface area contributed by atoms with E-state index in [2.05, 4.69) is 13.8 Å². The minimum absolute atomic E-state index is 0.0765. The molecule has 0 amide bonds. The van der Waals surface area contributed by atoms with Crippen LogP contribution in [-0.4, -0.2) is 204 Å². The maximum absolute atomic E-state index is 14.7. The molecule has 0 aromatic rings. The lowest BCUT2D eigenvalue weighted by Crippen LogP contribution is -2.65. The standard InChI is InChI=1S/C45H74O20/c1-18(17-59-40-37(56)34(53)31(50)26(14-46)61-40)7-10-45(58)19(2)30-25(65-45)12-24-22-6-5-20-11-21(8-9-43(20,3)23(22)13-29(49)44(24,30)4)60-42-39(36(55)33(52)28(16-48)63-42)64-41-38(57)35(54)32(51)27(15-47)62-41/h18-28,30-42,46-48,50-58H,5-17H2,1-4H3. The van der Waals surface area contributed by atoms with Crippen LogP contribution in [0, 0.1) is 52.3 Å². The van der Waals surface area contributed by atoms with E-state index in [1.807, 2.05) is 13.8 Å². The fourth-order valence-electron chi connectivity index (χ4n) is 13.8. The summed E-state index contributed by atoms with van der Waals surface area (Å²) in [6.45, 7) is 6.47. The smallest absolute Gasteiger partial charge is 0.187 e. The third-order valence-corrected chi connectivity index (χ3v) is 17.9. The number of hydrogen-bond donors (Lipinski definition) is 12. The van der Waals surface area contributed by atoms with Gasteiger partial charge in [0.2, 0.25) is 0 Å². The summed E-state index contributed by atoms with van der Waals surface area (Å²) >= 11 is 0. The molecule has 20 heteroatoms. The molecule has 374 valence electrons. The molecule has 65 heavy (non-hydrogen) atoms. The Hall–Kier alpha value is -1.09. The van der Waals surface area contributed by atoms with Crippen LogP contribution in [-0.2, 0) is 38.0 Å². The number of ether oxygens (including phenoxy) is 7. The Kier molecular flexibility index (Phi) is 14.9. The summed E-state index contributed by atoms with van der Waals surface area (Å²) in [7, 11) is 0. The molecule has 8 rings (SSSR count). The number of hydrogen-bond acceptors (Lipinski definition) is 20. The lowest BCUT2D eigenvalue weighted by atomic mass is 9.44. The summed E-state index contributed by atoms with van der Waals surface area (Å²) in [6, 6.07) is 0. The molecule has 0 radical (unpaired) electrons. The summed E-state index contributed by atoms with van der Waals surface area (Å²) < 4.78 is 41.7. The van der Waals surface area contributed by atoms with Gasteiger partial charge in [-0.25, -0.2) is 0 Å². The predicted molar refractivity (Wildman–Crippen MR) is 219 cm³/mol. The average molecular weight is 935 g/mol. The molecule has 20 nitrogen and oxygen atoms in total. The van der Waals surface area contributed by atoms with E-state index in [9.17, 15) is 66.1 Å². The van der Waals surface area contributed by atoms with Gasteiger partial charge < -0.3 is 94.4 Å². The Balaban J connectivity index is 0.887. The second-order valence-corrected chi connectivity index (χ2v) is 21.3. The van der Waals surface area contributed by atoms with Crippen LogP contribution in [0.5, 0.6) is 0 Å². The third kappa shape index (κ3) is 8.69. The van der Waals surface area contributed by atoms with Gasteiger partial charge in [-0.05, 0) is 80.0 Å².